The van der Waals surface area contributed by atoms with Gasteiger partial charge in [-0.1, -0.05) is 61.3 Å². The maximum Gasteiger partial charge on any atom is 0.354 e. The highest BCUT2D eigenvalue weighted by Gasteiger charge is 2.51. The molecule has 0 radical (unpaired) electrons. The van der Waals surface area contributed by atoms with Gasteiger partial charge in [0.1, 0.15) is 62.7 Å². The fraction of sp³-hybridized carbons (Fsp3) is 0.299. The zero-order valence-corrected chi connectivity index (χ0v) is 77.8. The molecule has 18 rings (SSSR count). The molecule has 140 heavy (non-hydrogen) atoms. The number of benzene rings is 6. The monoisotopic (exact) mass is 1960 g/mol. The first-order valence-corrected chi connectivity index (χ1v) is 45.5. The van der Waals surface area contributed by atoms with Crippen molar-refractivity contribution in [1.29, 1.82) is 0 Å². The largest absolute Gasteiger partial charge is 0.507 e. The number of nitrogens with zero attached hydrogens (tertiary/aromatic N) is 16. The standard InChI is InChI=1S/C33H30F4N6O4.C32H28F4N6O4.C32H29F4N5O5S/c1-7-20(45)41-12-16(5)42-18(13-41)32(46)40(6)29-23-30(26(37)22(25(29)36)21-19(44)9-8-17(34)24(21)35)43(33(47)39-31(23)42)28-15(4)10-11-38-27(28)14(2)3;1-6-19(44)40-11-15(5)41-17(12-40)31(45)38-27-22-29(25(36)21(24(27)35)20-18(43)8-7-16(33)23(20)34)42(32(46)39-30(22)41)28-14(4)9-10-37-26(28)13(2)3;1-6-20(43)39-11-16(5)40-17(12-39)13-47(45,46)30-23-29(25(35)22(26(30)36)21-19(42)8-7-18(33)24(21)34)41(32(44)38-31(23)40)28-15(4)9-10-37-27(28)14(2)3/h7-11,14,16,18,44H,1,12-13H2,2-6H3;6-10,13,15,17,43H,1,11-12H2,2-5H3,(H,38,45);6-10,14,16-17,42H,1,11-13H2,2-5H3. The molecule has 0 saturated carbocycles. The van der Waals surface area contributed by atoms with Gasteiger partial charge in [0.2, 0.25) is 23.6 Å². The summed E-state index contributed by atoms with van der Waals surface area (Å²) < 4.78 is 223. The van der Waals surface area contributed by atoms with E-state index in [4.69, 9.17) is 0 Å². The summed E-state index contributed by atoms with van der Waals surface area (Å²) in [7, 11) is -3.60. The van der Waals surface area contributed by atoms with Gasteiger partial charge in [-0.15, -0.1) is 0 Å². The van der Waals surface area contributed by atoms with Gasteiger partial charge in [0.15, 0.2) is 79.6 Å². The molecule has 5 amide bonds. The Morgan fingerprint density at radius 2 is 0.757 bits per heavy atom. The summed E-state index contributed by atoms with van der Waals surface area (Å²) in [4.78, 5) is 142. The fourth-order valence-corrected chi connectivity index (χ4v) is 21.5. The third kappa shape index (κ3) is 15.5. The molecule has 728 valence electrons. The average Bonchev–Trinajstić information content (AvgIpc) is 1.42. The Bertz CT molecular complexity index is 7790. The number of aryl methyl sites for hydroxylation is 3. The summed E-state index contributed by atoms with van der Waals surface area (Å²) in [6, 6.07) is 2.95. The molecule has 6 atom stereocenters. The van der Waals surface area contributed by atoms with Crippen molar-refractivity contribution in [1.82, 2.24) is 58.3 Å². The third-order valence-corrected chi connectivity index (χ3v) is 27.7. The minimum Gasteiger partial charge on any atom is -0.507 e. The fourth-order valence-electron chi connectivity index (χ4n) is 19.7. The number of hydrogen-bond donors (Lipinski definition) is 4. The summed E-state index contributed by atoms with van der Waals surface area (Å²) >= 11 is 0. The zero-order chi connectivity index (χ0) is 102. The molecule has 6 unspecified atom stereocenters. The van der Waals surface area contributed by atoms with Gasteiger partial charge in [0, 0.05) is 69.9 Å². The number of likely N-dealkylation sites (N-methyl/N-ethyl adjacent to an activating group) is 1. The van der Waals surface area contributed by atoms with Crippen LogP contribution in [0.3, 0.4) is 0 Å². The highest BCUT2D eigenvalue weighted by molar-refractivity contribution is 7.91. The Morgan fingerprint density at radius 3 is 1.15 bits per heavy atom. The van der Waals surface area contributed by atoms with E-state index < -0.39 is 257 Å². The molecular formula is C97H87F12N17O13S. The van der Waals surface area contributed by atoms with E-state index in [2.05, 4.69) is 55.0 Å². The Hall–Kier alpha value is -15.3. The molecule has 6 aliphatic rings. The number of anilines is 5. The van der Waals surface area contributed by atoms with Gasteiger partial charge in [-0.05, 0) is 149 Å². The number of sulfone groups is 1. The highest BCUT2D eigenvalue weighted by atomic mass is 32.2. The lowest BCUT2D eigenvalue weighted by molar-refractivity contribution is -0.130. The number of pyridine rings is 3. The second-order valence-corrected chi connectivity index (χ2v) is 37.6. The number of amides is 5. The summed E-state index contributed by atoms with van der Waals surface area (Å²) in [5.41, 5.74) is -11.1. The van der Waals surface area contributed by atoms with Crippen LogP contribution in [0.2, 0.25) is 0 Å². The maximum atomic E-state index is 17.3. The number of carbonyl (C=O) groups is 5. The van der Waals surface area contributed by atoms with Crippen molar-refractivity contribution in [2.45, 2.75) is 142 Å². The first-order valence-electron chi connectivity index (χ1n) is 43.8. The van der Waals surface area contributed by atoms with E-state index in [1.54, 1.807) is 95.2 Å². The van der Waals surface area contributed by atoms with Crippen LogP contribution in [0.15, 0.2) is 130 Å². The summed E-state index contributed by atoms with van der Waals surface area (Å²) in [5, 5.41) is 33.0. The molecule has 0 bridgehead atoms. The van der Waals surface area contributed by atoms with Gasteiger partial charge in [-0.2, -0.15) is 15.0 Å². The molecule has 0 aliphatic carbocycles. The number of aromatic nitrogens is 9. The third-order valence-electron chi connectivity index (χ3n) is 25.8. The number of aromatic hydroxyl groups is 3. The second kappa shape index (κ2) is 36.2. The van der Waals surface area contributed by atoms with Crippen LogP contribution in [0.5, 0.6) is 17.2 Å². The quantitative estimate of drug-likeness (QED) is 0.0501. The van der Waals surface area contributed by atoms with Crippen LogP contribution >= 0.6 is 0 Å². The SMILES string of the molecule is C=CC(=O)N1CC(C)N2c3nc(=O)n(-c4c(C)ccnc4C(C)C)c4c(F)c(-c5c(O)ccc(F)c5F)c(F)c(c34)N(C)C(=O)C2C1.C=CC(=O)N1CC(C)N2c3nc(=O)n(-c4c(C)ccnc4C(C)C)c4c(F)c(-c5c(O)ccc(F)c5F)c(F)c(c34)NC(=O)C2C1.C=CC(=O)N1CC(C)N2c3nc(=O)n(-c4c(C)ccnc4C(C)C)c4c(F)c(-c5c(O)ccc(F)c5F)c(F)c(c34)S(=O)(=O)CC2C1. The normalized spacial score (nSPS) is 18.0. The van der Waals surface area contributed by atoms with Crippen molar-refractivity contribution in [3.63, 3.8) is 0 Å². The van der Waals surface area contributed by atoms with E-state index in [1.165, 1.54) is 61.1 Å². The Balaban J connectivity index is 0.000000151. The molecule has 6 aromatic carbocycles. The highest BCUT2D eigenvalue weighted by Crippen LogP contribution is 2.54. The number of halogens is 12. The molecule has 6 aliphatic heterocycles. The van der Waals surface area contributed by atoms with Crippen LogP contribution in [0.1, 0.15) is 114 Å². The lowest BCUT2D eigenvalue weighted by atomic mass is 9.97. The van der Waals surface area contributed by atoms with Crippen LogP contribution in [-0.4, -0.2) is 200 Å². The Morgan fingerprint density at radius 1 is 0.421 bits per heavy atom. The van der Waals surface area contributed by atoms with Gasteiger partial charge in [-0.25, -0.2) is 75.5 Å². The zero-order valence-electron chi connectivity index (χ0n) is 77.0. The molecule has 6 aromatic heterocycles. The minimum atomic E-state index is -4.81. The van der Waals surface area contributed by atoms with Crippen molar-refractivity contribution in [2.75, 3.05) is 77.0 Å². The number of phenolic OH excluding ortho intramolecular Hbond substituents is 3. The summed E-state index contributed by atoms with van der Waals surface area (Å²) in [6.07, 6.45) is 7.69. The Kier molecular flexibility index (Phi) is 25.3. The topological polar surface area (TPSA) is 358 Å². The van der Waals surface area contributed by atoms with E-state index in [1.807, 2.05) is 0 Å². The molecular weight excluding hydrogens is 1870 g/mol. The van der Waals surface area contributed by atoms with Crippen molar-refractivity contribution in [3.05, 3.63) is 246 Å². The Labute approximate surface area is 788 Å². The second-order valence-electron chi connectivity index (χ2n) is 35.7. The van der Waals surface area contributed by atoms with Crippen molar-refractivity contribution in [2.24, 2.45) is 0 Å². The first kappa shape index (κ1) is 97.7. The minimum absolute atomic E-state index is 0.0329. The van der Waals surface area contributed by atoms with Crippen molar-refractivity contribution in [3.8, 4) is 67.7 Å². The van der Waals surface area contributed by atoms with Crippen LogP contribution < -0.4 is 42.0 Å². The number of nitrogens with one attached hydrogen (secondary N) is 1. The van der Waals surface area contributed by atoms with E-state index in [9.17, 15) is 75.3 Å². The predicted molar refractivity (Wildman–Crippen MR) is 494 cm³/mol. The van der Waals surface area contributed by atoms with Gasteiger partial charge >= 0.3 is 17.1 Å². The van der Waals surface area contributed by atoms with Crippen molar-refractivity contribution >= 4 is 101 Å². The molecule has 3 saturated heterocycles. The number of hydrogen-bond acceptors (Lipinski definition) is 22. The predicted octanol–water partition coefficient (Wildman–Crippen LogP) is 13.9. The van der Waals surface area contributed by atoms with E-state index in [-0.39, 0.29) is 108 Å². The van der Waals surface area contributed by atoms with E-state index >= 15 is 39.5 Å². The van der Waals surface area contributed by atoms with Gasteiger partial charge in [-0.3, -0.25) is 52.6 Å². The van der Waals surface area contributed by atoms with Gasteiger partial charge in [0.25, 0.3) is 5.91 Å². The summed E-state index contributed by atoms with van der Waals surface area (Å²) in [5.74, 6) is -28.1. The molecule has 4 N–H and O–H groups in total. The van der Waals surface area contributed by atoms with Crippen LogP contribution in [0, 0.1) is 90.6 Å². The lowest BCUT2D eigenvalue weighted by Crippen LogP contribution is -2.63. The molecule has 3 fully saturated rings. The number of phenols is 3. The van der Waals surface area contributed by atoms with E-state index in [0.29, 0.717) is 52.3 Å². The number of carbonyl (C=O) groups excluding carboxylic acids is 5. The molecule has 12 aromatic rings. The molecule has 43 heteroatoms. The average molecular weight is 1960 g/mol. The van der Waals surface area contributed by atoms with Crippen LogP contribution in [-0.2, 0) is 33.8 Å². The molecule has 12 heterocycles. The maximum absolute atomic E-state index is 17.3. The van der Waals surface area contributed by atoms with Crippen molar-refractivity contribution < 1.29 is 100 Å². The van der Waals surface area contributed by atoms with Crippen LogP contribution in [0.25, 0.3) is 83.2 Å². The summed E-state index contributed by atoms with van der Waals surface area (Å²) in [6.45, 7) is 30.5. The first-order chi connectivity index (χ1) is 66.1. The van der Waals surface area contributed by atoms with Crippen LogP contribution in [0.4, 0.5) is 81.5 Å². The number of rotatable bonds is 12. The number of fused-ring (bicyclic) bond motifs is 6. The van der Waals surface area contributed by atoms with Gasteiger partial charge in [0.05, 0.1) is 125 Å². The van der Waals surface area contributed by atoms with E-state index in [0.717, 1.165) is 49.0 Å². The molecule has 30 nitrogen and oxygen atoms in total. The number of piperazine rings is 3. The van der Waals surface area contributed by atoms with Gasteiger partial charge < -0.3 is 54.9 Å². The lowest BCUT2D eigenvalue weighted by Gasteiger charge is -2.45. The smallest absolute Gasteiger partial charge is 0.354 e. The molecule has 0 spiro atoms.